The Morgan fingerprint density at radius 1 is 1.34 bits per heavy atom. The van der Waals surface area contributed by atoms with Crippen LogP contribution in [0.1, 0.15) is 45.4 Å². The summed E-state index contributed by atoms with van der Waals surface area (Å²) in [5.41, 5.74) is 9.68. The van der Waals surface area contributed by atoms with Crippen molar-refractivity contribution in [2.24, 2.45) is 16.8 Å². The fourth-order valence-corrected chi connectivity index (χ4v) is 4.41. The molecule has 7 nitrogen and oxygen atoms in total. The summed E-state index contributed by atoms with van der Waals surface area (Å²) >= 11 is 1.56. The maximum absolute atomic E-state index is 12.4. The summed E-state index contributed by atoms with van der Waals surface area (Å²) in [5, 5.41) is 4.05. The zero-order valence-corrected chi connectivity index (χ0v) is 17.4. The van der Waals surface area contributed by atoms with Gasteiger partial charge in [0.05, 0.1) is 18.2 Å². The first-order valence-electron chi connectivity index (χ1n) is 9.54. The summed E-state index contributed by atoms with van der Waals surface area (Å²) in [7, 11) is 1.50. The SMILES string of the molecule is CC[C@H]1CCc2sc(C(=O)N/N=C\c3ccc(OCC(N)=O)c(OC)c3)cc2C1. The van der Waals surface area contributed by atoms with Gasteiger partial charge in [0.25, 0.3) is 11.8 Å². The highest BCUT2D eigenvalue weighted by atomic mass is 32.1. The van der Waals surface area contributed by atoms with Crippen molar-refractivity contribution in [3.63, 3.8) is 0 Å². The van der Waals surface area contributed by atoms with Crippen molar-refractivity contribution >= 4 is 29.4 Å². The Bertz CT molecular complexity index is 923. The lowest BCUT2D eigenvalue weighted by Gasteiger charge is -2.19. The van der Waals surface area contributed by atoms with Crippen LogP contribution in [0.5, 0.6) is 11.5 Å². The average Bonchev–Trinajstić information content (AvgIpc) is 3.15. The minimum absolute atomic E-state index is 0.206. The number of aryl methyl sites for hydroxylation is 1. The van der Waals surface area contributed by atoms with Gasteiger partial charge in [0.15, 0.2) is 18.1 Å². The number of hydrogen-bond acceptors (Lipinski definition) is 6. The van der Waals surface area contributed by atoms with Crippen LogP contribution in [0.3, 0.4) is 0 Å². The van der Waals surface area contributed by atoms with E-state index in [0.717, 1.165) is 18.8 Å². The Morgan fingerprint density at radius 3 is 2.90 bits per heavy atom. The van der Waals surface area contributed by atoms with E-state index in [-0.39, 0.29) is 12.5 Å². The van der Waals surface area contributed by atoms with Gasteiger partial charge in [-0.2, -0.15) is 5.10 Å². The van der Waals surface area contributed by atoms with Gasteiger partial charge in [-0.3, -0.25) is 9.59 Å². The molecule has 1 aromatic carbocycles. The van der Waals surface area contributed by atoms with E-state index in [4.69, 9.17) is 15.2 Å². The maximum atomic E-state index is 12.4. The van der Waals surface area contributed by atoms with Crippen molar-refractivity contribution in [1.82, 2.24) is 5.43 Å². The first kappa shape index (κ1) is 20.9. The molecule has 0 bridgehead atoms. The van der Waals surface area contributed by atoms with E-state index in [0.29, 0.717) is 21.9 Å². The summed E-state index contributed by atoms with van der Waals surface area (Å²) < 4.78 is 10.5. The summed E-state index contributed by atoms with van der Waals surface area (Å²) in [6, 6.07) is 7.09. The molecule has 1 aliphatic rings. The Labute approximate surface area is 173 Å². The average molecular weight is 416 g/mol. The molecule has 1 aliphatic carbocycles. The predicted octanol–water partition coefficient (Wildman–Crippen LogP) is 2.90. The van der Waals surface area contributed by atoms with E-state index in [1.165, 1.54) is 36.6 Å². The number of hydrogen-bond donors (Lipinski definition) is 2. The van der Waals surface area contributed by atoms with E-state index in [1.54, 1.807) is 29.5 Å². The Balaban J connectivity index is 1.61. The van der Waals surface area contributed by atoms with Crippen LogP contribution in [0.15, 0.2) is 29.4 Å². The Kier molecular flexibility index (Phi) is 6.87. The van der Waals surface area contributed by atoms with Gasteiger partial charge in [0.1, 0.15) is 0 Å². The lowest BCUT2D eigenvalue weighted by molar-refractivity contribution is -0.119. The number of nitrogens with two attached hydrogens (primary N) is 1. The van der Waals surface area contributed by atoms with Crippen molar-refractivity contribution in [2.75, 3.05) is 13.7 Å². The number of amides is 2. The molecule has 0 saturated carbocycles. The first-order valence-corrected chi connectivity index (χ1v) is 10.4. The molecule has 0 aliphatic heterocycles. The Hall–Kier alpha value is -2.87. The third-order valence-electron chi connectivity index (χ3n) is 4.92. The number of carbonyl (C=O) groups excluding carboxylic acids is 2. The highest BCUT2D eigenvalue weighted by Gasteiger charge is 2.21. The number of methoxy groups -OCH3 is 1. The van der Waals surface area contributed by atoms with E-state index >= 15 is 0 Å². The van der Waals surface area contributed by atoms with Crippen LogP contribution in [0.2, 0.25) is 0 Å². The standard InChI is InChI=1S/C21H25N3O4S/c1-3-13-5-7-18-15(8-13)10-19(29-18)21(26)24-23-11-14-4-6-16(17(9-14)27-2)28-12-20(22)25/h4,6,9-11,13H,3,5,7-8,12H2,1-2H3,(H2,22,25)(H,24,26)/b23-11-/t13-/m0/s1. The number of benzene rings is 1. The number of fused-ring (bicyclic) bond motifs is 1. The number of nitrogens with one attached hydrogen (secondary N) is 1. The van der Waals surface area contributed by atoms with Crippen molar-refractivity contribution in [3.05, 3.63) is 45.1 Å². The molecule has 2 aromatic rings. The number of carbonyl (C=O) groups is 2. The van der Waals surface area contributed by atoms with E-state index in [2.05, 4.69) is 17.5 Å². The molecule has 0 unspecified atom stereocenters. The number of nitrogens with zero attached hydrogens (tertiary/aromatic N) is 1. The van der Waals surface area contributed by atoms with Crippen molar-refractivity contribution in [2.45, 2.75) is 32.6 Å². The van der Waals surface area contributed by atoms with E-state index in [1.807, 2.05) is 6.07 Å². The summed E-state index contributed by atoms with van der Waals surface area (Å²) in [5.74, 6) is 0.791. The van der Waals surface area contributed by atoms with Gasteiger partial charge < -0.3 is 15.2 Å². The number of thiophene rings is 1. The van der Waals surface area contributed by atoms with Crippen LogP contribution in [0.4, 0.5) is 0 Å². The molecule has 29 heavy (non-hydrogen) atoms. The minimum Gasteiger partial charge on any atom is -0.493 e. The third-order valence-corrected chi connectivity index (χ3v) is 6.16. The molecule has 8 heteroatoms. The summed E-state index contributed by atoms with van der Waals surface area (Å²) in [6.07, 6.45) is 6.02. The number of rotatable bonds is 8. The molecule has 1 aromatic heterocycles. The predicted molar refractivity (Wildman–Crippen MR) is 113 cm³/mol. The molecule has 154 valence electrons. The zero-order valence-electron chi connectivity index (χ0n) is 16.6. The number of hydrazone groups is 1. The monoisotopic (exact) mass is 415 g/mol. The molecule has 0 radical (unpaired) electrons. The van der Waals surface area contributed by atoms with Crippen molar-refractivity contribution in [1.29, 1.82) is 0 Å². The normalized spacial score (nSPS) is 15.7. The molecule has 1 atom stereocenters. The van der Waals surface area contributed by atoms with Gasteiger partial charge in [-0.15, -0.1) is 11.3 Å². The largest absolute Gasteiger partial charge is 0.493 e. The van der Waals surface area contributed by atoms with Crippen molar-refractivity contribution < 1.29 is 19.1 Å². The van der Waals surface area contributed by atoms with Gasteiger partial charge in [0, 0.05) is 4.88 Å². The van der Waals surface area contributed by atoms with Gasteiger partial charge in [-0.05, 0) is 60.6 Å². The van der Waals surface area contributed by atoms with Crippen LogP contribution < -0.4 is 20.6 Å². The molecular weight excluding hydrogens is 390 g/mol. The van der Waals surface area contributed by atoms with Gasteiger partial charge >= 0.3 is 0 Å². The zero-order chi connectivity index (χ0) is 20.8. The fraction of sp³-hybridized carbons (Fsp3) is 0.381. The minimum atomic E-state index is -0.569. The summed E-state index contributed by atoms with van der Waals surface area (Å²) in [6.45, 7) is 1.99. The molecule has 0 fully saturated rings. The van der Waals surface area contributed by atoms with Gasteiger partial charge in [-0.25, -0.2) is 5.43 Å². The van der Waals surface area contributed by atoms with Gasteiger partial charge in [0.2, 0.25) is 0 Å². The van der Waals surface area contributed by atoms with Crippen LogP contribution in [0.25, 0.3) is 0 Å². The number of ether oxygens (including phenoxy) is 2. The highest BCUT2D eigenvalue weighted by Crippen LogP contribution is 2.33. The quantitative estimate of drug-likeness (QED) is 0.511. The van der Waals surface area contributed by atoms with E-state index in [9.17, 15) is 9.59 Å². The molecule has 2 amide bonds. The first-order chi connectivity index (χ1) is 14.0. The lowest BCUT2D eigenvalue weighted by Crippen LogP contribution is -2.20. The van der Waals surface area contributed by atoms with Crippen LogP contribution >= 0.6 is 11.3 Å². The molecule has 3 N–H and O–H groups in total. The second-order valence-corrected chi connectivity index (χ2v) is 8.08. The van der Waals surface area contributed by atoms with Crippen molar-refractivity contribution in [3.8, 4) is 11.5 Å². The molecule has 1 heterocycles. The topological polar surface area (TPSA) is 103 Å². The molecule has 0 saturated heterocycles. The van der Waals surface area contributed by atoms with Crippen LogP contribution in [0, 0.1) is 5.92 Å². The maximum Gasteiger partial charge on any atom is 0.281 e. The Morgan fingerprint density at radius 2 is 2.17 bits per heavy atom. The summed E-state index contributed by atoms with van der Waals surface area (Å²) in [4.78, 5) is 25.3. The third kappa shape index (κ3) is 5.35. The molecule has 3 rings (SSSR count). The second kappa shape index (κ2) is 9.56. The fourth-order valence-electron chi connectivity index (χ4n) is 3.31. The van der Waals surface area contributed by atoms with Gasteiger partial charge in [-0.1, -0.05) is 13.3 Å². The molecule has 0 spiro atoms. The smallest absolute Gasteiger partial charge is 0.281 e. The van der Waals surface area contributed by atoms with E-state index < -0.39 is 5.91 Å². The molecular formula is C21H25N3O4S. The van der Waals surface area contributed by atoms with Crippen LogP contribution in [-0.2, 0) is 17.6 Å². The van der Waals surface area contributed by atoms with Crippen LogP contribution in [-0.4, -0.2) is 31.7 Å². The second-order valence-electron chi connectivity index (χ2n) is 6.94. The highest BCUT2D eigenvalue weighted by molar-refractivity contribution is 7.14. The number of primary amides is 1. The lowest BCUT2D eigenvalue weighted by atomic mass is 9.87.